The van der Waals surface area contributed by atoms with Crippen LogP contribution in [-0.4, -0.2) is 4.57 Å². The third-order valence-electron chi connectivity index (χ3n) is 8.83. The maximum Gasteiger partial charge on any atom is 0.104 e. The summed E-state index contributed by atoms with van der Waals surface area (Å²) in [5.41, 5.74) is 9.88. The maximum absolute atomic E-state index is 11.0. The van der Waals surface area contributed by atoms with Gasteiger partial charge in [-0.15, -0.1) is 0 Å². The Morgan fingerprint density at radius 1 is 0.630 bits per heavy atom. The summed E-state index contributed by atoms with van der Waals surface area (Å²) in [5.74, 6) is 0. The van der Waals surface area contributed by atoms with E-state index in [1.807, 2.05) is 71.6 Å². The van der Waals surface area contributed by atoms with Crippen molar-refractivity contribution >= 4 is 49.7 Å². The highest BCUT2D eigenvalue weighted by atomic mass is 15.2. The Labute approximate surface area is 266 Å². The second kappa shape index (κ2) is 10.8. The van der Waals surface area contributed by atoms with E-state index < -0.39 is 0 Å². The number of benzene rings is 6. The highest BCUT2D eigenvalue weighted by Crippen LogP contribution is 2.51. The van der Waals surface area contributed by atoms with Crippen LogP contribution in [0.1, 0.15) is 0 Å². The fourth-order valence-corrected chi connectivity index (χ4v) is 7.01. The lowest BCUT2D eigenvalue weighted by Gasteiger charge is -2.28. The normalized spacial score (nSPS) is 12.4. The average molecular weight is 587 g/mol. The Hall–Kier alpha value is -6.62. The molecule has 0 amide bonds. The van der Waals surface area contributed by atoms with Gasteiger partial charge in [-0.1, -0.05) is 104 Å². The van der Waals surface area contributed by atoms with Gasteiger partial charge < -0.3 is 9.47 Å². The molecular formula is C42H26N4. The van der Waals surface area contributed by atoms with E-state index in [0.29, 0.717) is 17.0 Å². The third-order valence-corrected chi connectivity index (χ3v) is 8.83. The first-order valence-corrected chi connectivity index (χ1v) is 15.1. The van der Waals surface area contributed by atoms with Gasteiger partial charge >= 0.3 is 0 Å². The molecule has 214 valence electrons. The van der Waals surface area contributed by atoms with Gasteiger partial charge in [0.25, 0.3) is 0 Å². The van der Waals surface area contributed by atoms with E-state index >= 15 is 0 Å². The second-order valence-corrected chi connectivity index (χ2v) is 11.2. The Morgan fingerprint density at radius 3 is 1.87 bits per heavy atom. The summed E-state index contributed by atoms with van der Waals surface area (Å²) in [4.78, 5) is 1.96. The highest BCUT2D eigenvalue weighted by Gasteiger charge is 2.27. The van der Waals surface area contributed by atoms with Gasteiger partial charge in [0.05, 0.1) is 28.5 Å². The smallest absolute Gasteiger partial charge is 0.104 e. The molecular weight excluding hydrogens is 560 g/mol. The summed E-state index contributed by atoms with van der Waals surface area (Å²) >= 11 is 0. The predicted octanol–water partition coefficient (Wildman–Crippen LogP) is 10.8. The molecule has 0 aliphatic heterocycles. The third kappa shape index (κ3) is 3.92. The summed E-state index contributed by atoms with van der Waals surface area (Å²) in [7, 11) is 0. The molecule has 4 nitrogen and oxygen atoms in total. The molecule has 0 N–H and O–H groups in total. The summed E-state index contributed by atoms with van der Waals surface area (Å²) in [5, 5.41) is 25.6. The van der Waals surface area contributed by atoms with Crippen molar-refractivity contribution in [3.63, 3.8) is 0 Å². The van der Waals surface area contributed by atoms with Crippen molar-refractivity contribution in [3.8, 4) is 34.4 Å². The van der Waals surface area contributed by atoms with Crippen LogP contribution < -0.4 is 4.90 Å². The molecule has 4 heteroatoms. The number of nitriles is 2. The van der Waals surface area contributed by atoms with E-state index in [1.54, 1.807) is 6.08 Å². The summed E-state index contributed by atoms with van der Waals surface area (Å²) < 4.78 is 2.15. The van der Waals surface area contributed by atoms with Gasteiger partial charge in [0.2, 0.25) is 0 Å². The first-order valence-electron chi connectivity index (χ1n) is 15.1. The lowest BCUT2D eigenvalue weighted by Crippen LogP contribution is -2.19. The first-order chi connectivity index (χ1) is 22.7. The SMILES string of the molecule is C=C/C(=C(C#N)\C(=C\C#N)N(c1ccccc1)c1ccccc1)n1c2ccccc2c2cc3c4c(cccc4c21)-c1ccccc1-3. The van der Waals surface area contributed by atoms with Crippen LogP contribution in [0.5, 0.6) is 0 Å². The van der Waals surface area contributed by atoms with Gasteiger partial charge in [-0.25, -0.2) is 0 Å². The minimum atomic E-state index is 0.332. The van der Waals surface area contributed by atoms with E-state index in [0.717, 1.165) is 38.6 Å². The predicted molar refractivity (Wildman–Crippen MR) is 189 cm³/mol. The highest BCUT2D eigenvalue weighted by molar-refractivity contribution is 6.28. The largest absolute Gasteiger partial charge is 0.308 e. The molecule has 1 aliphatic carbocycles. The molecule has 0 bridgehead atoms. The van der Waals surface area contributed by atoms with Crippen molar-refractivity contribution in [2.75, 3.05) is 4.90 Å². The van der Waals surface area contributed by atoms with Crippen LogP contribution in [0.15, 0.2) is 163 Å². The standard InChI is InChI=1S/C42H26N4/c1-2-38(37(27-44)40(24-25-43)45(28-14-5-3-6-15-28)29-16-7-4-8-17-29)46-39-23-12-11-20-32(39)36-26-35-31-19-10-9-18-30(31)33-21-13-22-34(41(33)35)42(36)46/h2-24,26H,1H2/b38-37+,40-24-. The van der Waals surface area contributed by atoms with Gasteiger partial charge in [-0.2, -0.15) is 10.5 Å². The van der Waals surface area contributed by atoms with Gasteiger partial charge in [0.15, 0.2) is 0 Å². The number of aromatic nitrogens is 1. The number of nitrogens with zero attached hydrogens (tertiary/aromatic N) is 4. The van der Waals surface area contributed by atoms with E-state index in [1.165, 1.54) is 33.7 Å². The number of fused-ring (bicyclic) bond motifs is 7. The Balaban J connectivity index is 1.50. The molecule has 1 aromatic heterocycles. The lowest BCUT2D eigenvalue weighted by molar-refractivity contribution is 1.15. The molecule has 1 aliphatic rings. The molecule has 7 aromatic rings. The van der Waals surface area contributed by atoms with Crippen LogP contribution in [0.3, 0.4) is 0 Å². The van der Waals surface area contributed by atoms with E-state index in [4.69, 9.17) is 0 Å². The number of anilines is 2. The second-order valence-electron chi connectivity index (χ2n) is 11.2. The van der Waals surface area contributed by atoms with Crippen LogP contribution >= 0.6 is 0 Å². The van der Waals surface area contributed by atoms with Gasteiger partial charge in [0, 0.05) is 33.6 Å². The fraction of sp³-hybridized carbons (Fsp3) is 0. The Kier molecular flexibility index (Phi) is 6.35. The van der Waals surface area contributed by atoms with Crippen molar-refractivity contribution in [3.05, 3.63) is 163 Å². The number of allylic oxidation sites excluding steroid dienone is 4. The summed E-state index contributed by atoms with van der Waals surface area (Å²) in [6.45, 7) is 4.25. The van der Waals surface area contributed by atoms with Crippen LogP contribution in [0.2, 0.25) is 0 Å². The molecule has 0 unspecified atom stereocenters. The van der Waals surface area contributed by atoms with Crippen molar-refractivity contribution in [1.82, 2.24) is 4.57 Å². The molecule has 0 saturated carbocycles. The van der Waals surface area contributed by atoms with Crippen molar-refractivity contribution in [1.29, 1.82) is 10.5 Å². The quantitative estimate of drug-likeness (QED) is 0.144. The topological polar surface area (TPSA) is 55.8 Å². The van der Waals surface area contributed by atoms with Crippen LogP contribution in [0.25, 0.3) is 60.5 Å². The van der Waals surface area contributed by atoms with E-state index in [-0.39, 0.29) is 0 Å². The zero-order valence-corrected chi connectivity index (χ0v) is 24.9. The number of para-hydroxylation sites is 3. The molecule has 0 radical (unpaired) electrons. The maximum atomic E-state index is 11.0. The number of hydrogen-bond donors (Lipinski definition) is 0. The van der Waals surface area contributed by atoms with Gasteiger partial charge in [0.1, 0.15) is 11.6 Å². The summed E-state index contributed by atoms with van der Waals surface area (Å²) in [6.07, 6.45) is 3.19. The lowest BCUT2D eigenvalue weighted by atomic mass is 9.99. The number of rotatable bonds is 6. The van der Waals surface area contributed by atoms with Crippen LogP contribution in [0.4, 0.5) is 11.4 Å². The molecule has 46 heavy (non-hydrogen) atoms. The molecule has 0 saturated heterocycles. The molecule has 8 rings (SSSR count). The zero-order valence-electron chi connectivity index (χ0n) is 24.9. The minimum Gasteiger partial charge on any atom is -0.308 e. The van der Waals surface area contributed by atoms with Gasteiger partial charge in [-0.05, 0) is 70.1 Å². The zero-order chi connectivity index (χ0) is 31.2. The minimum absolute atomic E-state index is 0.332. The van der Waals surface area contributed by atoms with Crippen molar-refractivity contribution < 1.29 is 0 Å². The van der Waals surface area contributed by atoms with Crippen LogP contribution in [0, 0.1) is 22.7 Å². The van der Waals surface area contributed by atoms with Crippen molar-refractivity contribution in [2.24, 2.45) is 0 Å². The molecule has 0 fully saturated rings. The monoisotopic (exact) mass is 586 g/mol. The molecule has 0 spiro atoms. The van der Waals surface area contributed by atoms with Crippen LogP contribution in [-0.2, 0) is 0 Å². The Morgan fingerprint density at radius 2 is 1.22 bits per heavy atom. The average Bonchev–Trinajstić information content (AvgIpc) is 3.62. The summed E-state index contributed by atoms with van der Waals surface area (Å²) in [6, 6.07) is 50.0. The first kappa shape index (κ1) is 27.0. The van der Waals surface area contributed by atoms with Crippen molar-refractivity contribution in [2.45, 2.75) is 0 Å². The number of hydrogen-bond acceptors (Lipinski definition) is 3. The van der Waals surface area contributed by atoms with E-state index in [2.05, 4.69) is 90.0 Å². The molecule has 6 aromatic carbocycles. The van der Waals surface area contributed by atoms with Gasteiger partial charge in [-0.3, -0.25) is 0 Å². The molecule has 0 atom stereocenters. The molecule has 1 heterocycles. The Bertz CT molecular complexity index is 2460. The van der Waals surface area contributed by atoms with E-state index in [9.17, 15) is 10.5 Å². The fourth-order valence-electron chi connectivity index (χ4n) is 7.01.